The highest BCUT2D eigenvalue weighted by molar-refractivity contribution is 7.99. The SMILES string of the molecule is Cc1c(C(=O)Nc2ccccc2Sc2ccccc2)cccc1[N+](=O)[O-]. The van der Waals surface area contributed by atoms with E-state index in [-0.39, 0.29) is 11.6 Å². The van der Waals surface area contributed by atoms with Crippen LogP contribution in [0.15, 0.2) is 82.6 Å². The average molecular weight is 364 g/mol. The standard InChI is InChI=1S/C20H16N2O3S/c1-14-16(10-7-12-18(14)22(24)25)20(23)21-17-11-5-6-13-19(17)26-15-8-3-2-4-9-15/h2-13H,1H3,(H,21,23). The van der Waals surface area contributed by atoms with Crippen molar-refractivity contribution in [1.29, 1.82) is 0 Å². The summed E-state index contributed by atoms with van der Waals surface area (Å²) in [4.78, 5) is 25.2. The molecule has 0 radical (unpaired) electrons. The third-order valence-electron chi connectivity index (χ3n) is 3.85. The molecule has 26 heavy (non-hydrogen) atoms. The number of hydrogen-bond donors (Lipinski definition) is 1. The van der Waals surface area contributed by atoms with Crippen LogP contribution in [0.3, 0.4) is 0 Å². The molecule has 0 heterocycles. The van der Waals surface area contributed by atoms with Crippen molar-refractivity contribution in [2.45, 2.75) is 16.7 Å². The monoisotopic (exact) mass is 364 g/mol. The van der Waals surface area contributed by atoms with Gasteiger partial charge in [-0.05, 0) is 37.3 Å². The van der Waals surface area contributed by atoms with Gasteiger partial charge in [0, 0.05) is 27.0 Å². The van der Waals surface area contributed by atoms with Gasteiger partial charge in [0.15, 0.2) is 0 Å². The first-order valence-corrected chi connectivity index (χ1v) is 8.75. The fraction of sp³-hybridized carbons (Fsp3) is 0.0500. The van der Waals surface area contributed by atoms with Gasteiger partial charge in [0.05, 0.1) is 10.6 Å². The van der Waals surface area contributed by atoms with Crippen LogP contribution >= 0.6 is 11.8 Å². The molecule has 0 bridgehead atoms. The van der Waals surface area contributed by atoms with Gasteiger partial charge in [-0.15, -0.1) is 0 Å². The minimum absolute atomic E-state index is 0.0652. The van der Waals surface area contributed by atoms with Gasteiger partial charge in [-0.1, -0.05) is 48.2 Å². The zero-order valence-corrected chi connectivity index (χ0v) is 14.8. The lowest BCUT2D eigenvalue weighted by molar-refractivity contribution is -0.385. The van der Waals surface area contributed by atoms with Crippen molar-refractivity contribution in [3.63, 3.8) is 0 Å². The van der Waals surface area contributed by atoms with Crippen molar-refractivity contribution in [3.05, 3.63) is 94.0 Å². The Morgan fingerprint density at radius 2 is 1.65 bits per heavy atom. The molecular formula is C20H16N2O3S. The van der Waals surface area contributed by atoms with Crippen molar-refractivity contribution < 1.29 is 9.72 Å². The molecule has 1 amide bonds. The minimum atomic E-state index is -0.481. The Hall–Kier alpha value is -3.12. The molecule has 1 N–H and O–H groups in total. The molecule has 0 atom stereocenters. The van der Waals surface area contributed by atoms with Crippen LogP contribution in [0.4, 0.5) is 11.4 Å². The predicted octanol–water partition coefficient (Wildman–Crippen LogP) is 5.31. The van der Waals surface area contributed by atoms with E-state index in [9.17, 15) is 14.9 Å². The number of nitrogens with one attached hydrogen (secondary N) is 1. The number of nitro groups is 1. The van der Waals surface area contributed by atoms with Gasteiger partial charge in [0.2, 0.25) is 0 Å². The lowest BCUT2D eigenvalue weighted by Gasteiger charge is -2.12. The second kappa shape index (κ2) is 7.84. The van der Waals surface area contributed by atoms with Crippen LogP contribution < -0.4 is 5.32 Å². The second-order valence-corrected chi connectivity index (χ2v) is 6.69. The van der Waals surface area contributed by atoms with Crippen molar-refractivity contribution in [2.75, 3.05) is 5.32 Å². The Bertz CT molecular complexity index is 958. The number of nitro benzene ring substituents is 1. The number of rotatable bonds is 5. The quantitative estimate of drug-likeness (QED) is 0.492. The number of nitrogens with zero attached hydrogens (tertiary/aromatic N) is 1. The first-order chi connectivity index (χ1) is 12.6. The minimum Gasteiger partial charge on any atom is -0.321 e. The molecule has 0 aliphatic carbocycles. The maximum atomic E-state index is 12.7. The zero-order chi connectivity index (χ0) is 18.5. The number of para-hydroxylation sites is 1. The van der Waals surface area contributed by atoms with Gasteiger partial charge < -0.3 is 5.32 Å². The lowest BCUT2D eigenvalue weighted by atomic mass is 10.1. The van der Waals surface area contributed by atoms with Crippen molar-refractivity contribution in [1.82, 2.24) is 0 Å². The molecule has 0 saturated carbocycles. The van der Waals surface area contributed by atoms with E-state index < -0.39 is 4.92 Å². The predicted molar refractivity (Wildman–Crippen MR) is 103 cm³/mol. The molecule has 0 unspecified atom stereocenters. The Labute approximate surface area is 155 Å². The summed E-state index contributed by atoms with van der Waals surface area (Å²) in [7, 11) is 0. The third kappa shape index (κ3) is 3.92. The van der Waals surface area contributed by atoms with Gasteiger partial charge in [-0.3, -0.25) is 14.9 Å². The van der Waals surface area contributed by atoms with E-state index in [0.29, 0.717) is 16.8 Å². The van der Waals surface area contributed by atoms with Crippen molar-refractivity contribution in [2.24, 2.45) is 0 Å². The lowest BCUT2D eigenvalue weighted by Crippen LogP contribution is -2.14. The van der Waals surface area contributed by atoms with Crippen LogP contribution in [0.2, 0.25) is 0 Å². The highest BCUT2D eigenvalue weighted by atomic mass is 32.2. The first kappa shape index (κ1) is 17.7. The van der Waals surface area contributed by atoms with Crippen molar-refractivity contribution >= 4 is 29.0 Å². The van der Waals surface area contributed by atoms with E-state index in [4.69, 9.17) is 0 Å². The average Bonchev–Trinajstić information content (AvgIpc) is 2.64. The largest absolute Gasteiger partial charge is 0.321 e. The molecule has 0 aliphatic heterocycles. The molecule has 3 aromatic carbocycles. The smallest absolute Gasteiger partial charge is 0.273 e. The highest BCUT2D eigenvalue weighted by Crippen LogP contribution is 2.33. The molecule has 0 aromatic heterocycles. The summed E-state index contributed by atoms with van der Waals surface area (Å²) in [5, 5.41) is 14.0. The molecule has 6 heteroatoms. The summed E-state index contributed by atoms with van der Waals surface area (Å²) in [5.41, 5.74) is 1.24. The summed E-state index contributed by atoms with van der Waals surface area (Å²) >= 11 is 1.54. The number of carbonyl (C=O) groups excluding carboxylic acids is 1. The zero-order valence-electron chi connectivity index (χ0n) is 14.0. The van der Waals surface area contributed by atoms with Crippen LogP contribution in [0.25, 0.3) is 0 Å². The maximum Gasteiger partial charge on any atom is 0.273 e. The number of anilines is 1. The highest BCUT2D eigenvalue weighted by Gasteiger charge is 2.18. The van der Waals surface area contributed by atoms with Crippen molar-refractivity contribution in [3.8, 4) is 0 Å². The van der Waals surface area contributed by atoms with E-state index in [0.717, 1.165) is 9.79 Å². The van der Waals surface area contributed by atoms with E-state index in [1.54, 1.807) is 24.8 Å². The topological polar surface area (TPSA) is 72.2 Å². The van der Waals surface area contributed by atoms with Crippen LogP contribution in [-0.4, -0.2) is 10.8 Å². The molecule has 0 saturated heterocycles. The van der Waals surface area contributed by atoms with Crippen LogP contribution in [0.1, 0.15) is 15.9 Å². The second-order valence-electron chi connectivity index (χ2n) is 5.57. The molecular weight excluding hydrogens is 348 g/mol. The van der Waals surface area contributed by atoms with Crippen LogP contribution in [0, 0.1) is 17.0 Å². The molecule has 130 valence electrons. The van der Waals surface area contributed by atoms with E-state index in [1.165, 1.54) is 12.1 Å². The fourth-order valence-electron chi connectivity index (χ4n) is 2.53. The van der Waals surface area contributed by atoms with Gasteiger partial charge in [-0.25, -0.2) is 0 Å². The summed E-state index contributed by atoms with van der Waals surface area (Å²) in [6, 6.07) is 21.8. The summed E-state index contributed by atoms with van der Waals surface area (Å²) in [6.45, 7) is 1.58. The first-order valence-electron chi connectivity index (χ1n) is 7.93. The van der Waals surface area contributed by atoms with Gasteiger partial charge in [0.1, 0.15) is 0 Å². The number of amides is 1. The normalized spacial score (nSPS) is 10.3. The Morgan fingerprint density at radius 3 is 2.38 bits per heavy atom. The Balaban J connectivity index is 1.87. The third-order valence-corrected chi connectivity index (χ3v) is 4.94. The molecule has 3 aromatic rings. The fourth-order valence-corrected chi connectivity index (χ4v) is 3.45. The molecule has 5 nitrogen and oxygen atoms in total. The van der Waals surface area contributed by atoms with E-state index in [2.05, 4.69) is 5.32 Å². The Kier molecular flexibility index (Phi) is 5.34. The van der Waals surface area contributed by atoms with Gasteiger partial charge in [0.25, 0.3) is 11.6 Å². The van der Waals surface area contributed by atoms with Crippen LogP contribution in [0.5, 0.6) is 0 Å². The van der Waals surface area contributed by atoms with E-state index >= 15 is 0 Å². The van der Waals surface area contributed by atoms with E-state index in [1.807, 2.05) is 54.6 Å². The summed E-state index contributed by atoms with van der Waals surface area (Å²) in [5.74, 6) is -0.368. The Morgan fingerprint density at radius 1 is 0.962 bits per heavy atom. The molecule has 0 aliphatic rings. The van der Waals surface area contributed by atoms with Gasteiger partial charge >= 0.3 is 0 Å². The number of carbonyl (C=O) groups is 1. The number of benzene rings is 3. The van der Waals surface area contributed by atoms with Crippen LogP contribution in [-0.2, 0) is 0 Å². The summed E-state index contributed by atoms with van der Waals surface area (Å²) in [6.07, 6.45) is 0. The molecule has 0 fully saturated rings. The summed E-state index contributed by atoms with van der Waals surface area (Å²) < 4.78 is 0. The maximum absolute atomic E-state index is 12.7. The molecule has 0 spiro atoms. The number of hydrogen-bond acceptors (Lipinski definition) is 4. The molecule has 3 rings (SSSR count). The van der Waals surface area contributed by atoms with Gasteiger partial charge in [-0.2, -0.15) is 0 Å².